The first-order valence-corrected chi connectivity index (χ1v) is 8.52. The Bertz CT molecular complexity index is 732. The summed E-state index contributed by atoms with van der Waals surface area (Å²) in [4.78, 5) is 12.3. The molecular weight excluding hydrogens is 377 g/mol. The number of carbonyl (C=O) groups excluding carboxylic acids is 1. The number of amides is 1. The van der Waals surface area contributed by atoms with Gasteiger partial charge in [-0.25, -0.2) is 4.39 Å². The molecule has 1 aliphatic rings. The van der Waals surface area contributed by atoms with Crippen molar-refractivity contribution in [3.05, 3.63) is 58.3 Å². The van der Waals surface area contributed by atoms with Gasteiger partial charge < -0.3 is 14.8 Å². The topological polar surface area (TPSA) is 47.6 Å². The Kier molecular flexibility index (Phi) is 5.48. The van der Waals surface area contributed by atoms with Gasteiger partial charge in [-0.2, -0.15) is 0 Å². The molecule has 126 valence electrons. The molecule has 1 N–H and O–H groups in total. The molecule has 1 saturated heterocycles. The number of carbonyl (C=O) groups is 1. The molecule has 0 radical (unpaired) electrons. The molecule has 24 heavy (non-hydrogen) atoms. The number of halogens is 2. The number of rotatable bonds is 5. The van der Waals surface area contributed by atoms with Gasteiger partial charge in [0, 0.05) is 22.8 Å². The number of ether oxygens (including phenoxy) is 2. The molecule has 1 amide bonds. The van der Waals surface area contributed by atoms with E-state index in [1.807, 2.05) is 6.07 Å². The lowest BCUT2D eigenvalue weighted by Crippen LogP contribution is -2.16. The highest BCUT2D eigenvalue weighted by Crippen LogP contribution is 2.22. The highest BCUT2D eigenvalue weighted by Gasteiger charge is 2.16. The van der Waals surface area contributed by atoms with Crippen molar-refractivity contribution in [2.75, 3.05) is 18.5 Å². The summed E-state index contributed by atoms with van der Waals surface area (Å²) in [7, 11) is 0. The van der Waals surface area contributed by atoms with E-state index >= 15 is 0 Å². The fourth-order valence-electron chi connectivity index (χ4n) is 2.50. The van der Waals surface area contributed by atoms with Crippen molar-refractivity contribution >= 4 is 27.5 Å². The molecule has 2 aromatic carbocycles. The minimum Gasteiger partial charge on any atom is -0.491 e. The number of anilines is 1. The first-order valence-electron chi connectivity index (χ1n) is 7.73. The van der Waals surface area contributed by atoms with Crippen LogP contribution in [-0.2, 0) is 4.74 Å². The summed E-state index contributed by atoms with van der Waals surface area (Å²) < 4.78 is 25.1. The molecule has 0 bridgehead atoms. The van der Waals surface area contributed by atoms with Gasteiger partial charge in [0.1, 0.15) is 18.2 Å². The fourth-order valence-corrected chi connectivity index (χ4v) is 2.93. The maximum atomic E-state index is 13.3. The van der Waals surface area contributed by atoms with Crippen LogP contribution in [-0.4, -0.2) is 25.2 Å². The molecule has 0 saturated carbocycles. The maximum Gasteiger partial charge on any atom is 0.256 e. The van der Waals surface area contributed by atoms with Crippen LogP contribution in [0.2, 0.25) is 0 Å². The molecule has 0 spiro atoms. The molecule has 1 aliphatic heterocycles. The molecule has 2 aromatic rings. The second-order valence-electron chi connectivity index (χ2n) is 5.55. The Morgan fingerprint density at radius 3 is 3.00 bits per heavy atom. The first kappa shape index (κ1) is 16.9. The Hall–Kier alpha value is -1.92. The van der Waals surface area contributed by atoms with Crippen LogP contribution in [0.4, 0.5) is 10.1 Å². The minimum absolute atomic E-state index is 0.131. The molecule has 1 atom stereocenters. The number of benzene rings is 2. The van der Waals surface area contributed by atoms with Crippen molar-refractivity contribution in [2.45, 2.75) is 18.9 Å². The first-order chi connectivity index (χ1) is 11.6. The van der Waals surface area contributed by atoms with Crippen LogP contribution < -0.4 is 10.1 Å². The molecule has 3 rings (SSSR count). The molecule has 1 fully saturated rings. The highest BCUT2D eigenvalue weighted by atomic mass is 79.9. The van der Waals surface area contributed by atoms with Gasteiger partial charge in [-0.05, 0) is 59.1 Å². The summed E-state index contributed by atoms with van der Waals surface area (Å²) in [5, 5.41) is 2.75. The van der Waals surface area contributed by atoms with Crippen molar-refractivity contribution in [3.63, 3.8) is 0 Å². The smallest absolute Gasteiger partial charge is 0.256 e. The maximum absolute atomic E-state index is 13.3. The average molecular weight is 394 g/mol. The molecule has 1 heterocycles. The Morgan fingerprint density at radius 1 is 1.33 bits per heavy atom. The van der Waals surface area contributed by atoms with Crippen LogP contribution in [0.25, 0.3) is 0 Å². The van der Waals surface area contributed by atoms with Crippen molar-refractivity contribution in [3.8, 4) is 5.75 Å². The highest BCUT2D eigenvalue weighted by molar-refractivity contribution is 9.10. The van der Waals surface area contributed by atoms with Crippen LogP contribution >= 0.6 is 15.9 Å². The lowest BCUT2D eigenvalue weighted by Gasteiger charge is -2.13. The number of hydrogen-bond donors (Lipinski definition) is 1. The van der Waals surface area contributed by atoms with E-state index in [-0.39, 0.29) is 11.7 Å². The van der Waals surface area contributed by atoms with Crippen molar-refractivity contribution in [1.82, 2.24) is 0 Å². The zero-order chi connectivity index (χ0) is 16.9. The minimum atomic E-state index is -0.461. The zero-order valence-electron chi connectivity index (χ0n) is 12.9. The largest absolute Gasteiger partial charge is 0.491 e. The Balaban J connectivity index is 1.65. The summed E-state index contributed by atoms with van der Waals surface area (Å²) in [6.07, 6.45) is 2.20. The fraction of sp³-hybridized carbons (Fsp3) is 0.278. The van der Waals surface area contributed by atoms with E-state index in [1.165, 1.54) is 18.2 Å². The molecular formula is C18H17BrFNO3. The normalized spacial score (nSPS) is 16.8. The quantitative estimate of drug-likeness (QED) is 0.818. The van der Waals surface area contributed by atoms with Crippen LogP contribution in [0.5, 0.6) is 5.75 Å². The van der Waals surface area contributed by atoms with E-state index in [2.05, 4.69) is 21.2 Å². The standard InChI is InChI=1S/C18H17BrFNO3/c19-17-7-6-12(20)9-16(17)18(22)21-13-3-1-4-14(10-13)24-11-15-5-2-8-23-15/h1,3-4,6-7,9-10,15H,2,5,8,11H2,(H,21,22). The molecule has 6 heteroatoms. The third-order valence-corrected chi connectivity index (χ3v) is 4.42. The molecule has 4 nitrogen and oxygen atoms in total. The van der Waals surface area contributed by atoms with E-state index < -0.39 is 11.7 Å². The van der Waals surface area contributed by atoms with Crippen molar-refractivity contribution in [1.29, 1.82) is 0 Å². The van der Waals surface area contributed by atoms with Gasteiger partial charge in [0.05, 0.1) is 11.7 Å². The van der Waals surface area contributed by atoms with Gasteiger partial charge in [-0.3, -0.25) is 4.79 Å². The van der Waals surface area contributed by atoms with Crippen LogP contribution in [0.3, 0.4) is 0 Å². The third kappa shape index (κ3) is 4.33. The molecule has 0 aromatic heterocycles. The van der Waals surface area contributed by atoms with Crippen LogP contribution in [0.15, 0.2) is 46.9 Å². The van der Waals surface area contributed by atoms with Gasteiger partial charge >= 0.3 is 0 Å². The number of nitrogens with one attached hydrogen (secondary N) is 1. The summed E-state index contributed by atoms with van der Waals surface area (Å²) in [5.74, 6) is -0.198. The summed E-state index contributed by atoms with van der Waals surface area (Å²) >= 11 is 3.26. The van der Waals surface area contributed by atoms with Gasteiger partial charge in [0.15, 0.2) is 0 Å². The Labute approximate surface area is 148 Å². The van der Waals surface area contributed by atoms with Gasteiger partial charge in [0.2, 0.25) is 0 Å². The summed E-state index contributed by atoms with van der Waals surface area (Å²) in [6.45, 7) is 1.28. The van der Waals surface area contributed by atoms with Gasteiger partial charge in [-0.15, -0.1) is 0 Å². The summed E-state index contributed by atoms with van der Waals surface area (Å²) in [5.41, 5.74) is 0.821. The summed E-state index contributed by atoms with van der Waals surface area (Å²) in [6, 6.07) is 11.1. The SMILES string of the molecule is O=C(Nc1cccc(OCC2CCCO2)c1)c1cc(F)ccc1Br. The average Bonchev–Trinajstić information content (AvgIpc) is 3.09. The monoisotopic (exact) mass is 393 g/mol. The van der Waals surface area contributed by atoms with Crippen molar-refractivity contribution in [2.24, 2.45) is 0 Å². The molecule has 0 aliphatic carbocycles. The number of hydrogen-bond acceptors (Lipinski definition) is 3. The van der Waals surface area contributed by atoms with E-state index in [9.17, 15) is 9.18 Å². The van der Waals surface area contributed by atoms with E-state index in [0.717, 1.165) is 19.4 Å². The zero-order valence-corrected chi connectivity index (χ0v) is 14.5. The van der Waals surface area contributed by atoms with Gasteiger partial charge in [-0.1, -0.05) is 6.07 Å². The lowest BCUT2D eigenvalue weighted by atomic mass is 10.2. The molecule has 1 unspecified atom stereocenters. The third-order valence-electron chi connectivity index (χ3n) is 3.72. The van der Waals surface area contributed by atoms with Gasteiger partial charge in [0.25, 0.3) is 5.91 Å². The Morgan fingerprint density at radius 2 is 2.21 bits per heavy atom. The second-order valence-corrected chi connectivity index (χ2v) is 6.41. The van der Waals surface area contributed by atoms with Crippen molar-refractivity contribution < 1.29 is 18.7 Å². The van der Waals surface area contributed by atoms with E-state index in [0.29, 0.717) is 22.5 Å². The van der Waals surface area contributed by atoms with Crippen LogP contribution in [0, 0.1) is 5.82 Å². The second kappa shape index (κ2) is 7.77. The van der Waals surface area contributed by atoms with E-state index in [4.69, 9.17) is 9.47 Å². The van der Waals surface area contributed by atoms with Crippen LogP contribution in [0.1, 0.15) is 23.2 Å². The predicted octanol–water partition coefficient (Wildman–Crippen LogP) is 4.40. The lowest BCUT2D eigenvalue weighted by molar-refractivity contribution is 0.0680. The van der Waals surface area contributed by atoms with E-state index in [1.54, 1.807) is 18.2 Å². The predicted molar refractivity (Wildman–Crippen MR) is 93.0 cm³/mol.